The molecule has 3 aromatic rings. The molecule has 0 radical (unpaired) electrons. The second-order valence-corrected chi connectivity index (χ2v) is 7.99. The minimum Gasteiger partial charge on any atom is -0.493 e. The molecule has 1 amide bonds. The van der Waals surface area contributed by atoms with Crippen molar-refractivity contribution < 1.29 is 14.3 Å². The molecule has 0 unspecified atom stereocenters. The Bertz CT molecular complexity index is 1150. The van der Waals surface area contributed by atoms with Crippen molar-refractivity contribution in [2.75, 3.05) is 7.11 Å². The molecule has 0 aliphatic heterocycles. The van der Waals surface area contributed by atoms with Crippen LogP contribution in [-0.4, -0.2) is 13.0 Å². The third-order valence-electron chi connectivity index (χ3n) is 4.76. The summed E-state index contributed by atoms with van der Waals surface area (Å²) in [6.07, 6.45) is 1.52. The van der Waals surface area contributed by atoms with Gasteiger partial charge in [-0.1, -0.05) is 76.1 Å². The molecular weight excluding hydrogens is 468 g/mol. The van der Waals surface area contributed by atoms with Crippen molar-refractivity contribution in [3.05, 3.63) is 99.0 Å². The first-order valence-electron chi connectivity index (χ1n) is 10.00. The molecule has 162 valence electrons. The number of rotatable bonds is 8. The fraction of sp³-hybridized carbons (Fsp3) is 0.154. The van der Waals surface area contributed by atoms with E-state index in [1.807, 2.05) is 67.6 Å². The summed E-state index contributed by atoms with van der Waals surface area (Å²) in [5.41, 5.74) is 3.81. The van der Waals surface area contributed by atoms with Gasteiger partial charge in [-0.25, -0.2) is 0 Å². The van der Waals surface area contributed by atoms with Crippen LogP contribution in [0.3, 0.4) is 0 Å². The Morgan fingerprint density at radius 3 is 2.44 bits per heavy atom. The summed E-state index contributed by atoms with van der Waals surface area (Å²) in [6.45, 7) is 2.77. The predicted molar refractivity (Wildman–Crippen MR) is 128 cm³/mol. The lowest BCUT2D eigenvalue weighted by atomic mass is 10.1. The van der Waals surface area contributed by atoms with Gasteiger partial charge in [-0.05, 0) is 41.8 Å². The van der Waals surface area contributed by atoms with Crippen molar-refractivity contribution in [3.8, 4) is 17.6 Å². The summed E-state index contributed by atoms with van der Waals surface area (Å²) >= 11 is 3.51. The van der Waals surface area contributed by atoms with E-state index in [2.05, 4.69) is 21.2 Å². The largest absolute Gasteiger partial charge is 0.493 e. The van der Waals surface area contributed by atoms with Gasteiger partial charge in [0.2, 0.25) is 0 Å². The maximum absolute atomic E-state index is 12.5. The number of nitriles is 1. The summed E-state index contributed by atoms with van der Waals surface area (Å²) in [5, 5.41) is 12.3. The molecule has 0 saturated carbocycles. The van der Waals surface area contributed by atoms with E-state index in [1.54, 1.807) is 19.2 Å². The van der Waals surface area contributed by atoms with Crippen LogP contribution in [0.25, 0.3) is 6.08 Å². The van der Waals surface area contributed by atoms with Gasteiger partial charge >= 0.3 is 0 Å². The van der Waals surface area contributed by atoms with Crippen molar-refractivity contribution in [2.24, 2.45) is 0 Å². The van der Waals surface area contributed by atoms with E-state index < -0.39 is 5.91 Å². The van der Waals surface area contributed by atoms with Crippen molar-refractivity contribution in [1.82, 2.24) is 5.32 Å². The molecule has 0 aliphatic carbocycles. The third-order valence-corrected chi connectivity index (χ3v) is 5.45. The van der Waals surface area contributed by atoms with Crippen LogP contribution in [0.4, 0.5) is 0 Å². The predicted octanol–water partition coefficient (Wildman–Crippen LogP) is 5.57. The molecule has 0 fully saturated rings. The maximum atomic E-state index is 12.5. The number of aryl methyl sites for hydroxylation is 1. The first-order chi connectivity index (χ1) is 15.5. The zero-order chi connectivity index (χ0) is 22.9. The summed E-state index contributed by atoms with van der Waals surface area (Å²) < 4.78 is 12.1. The Morgan fingerprint density at radius 2 is 1.78 bits per heavy atom. The van der Waals surface area contributed by atoms with E-state index in [0.29, 0.717) is 34.7 Å². The number of hydrogen-bond acceptors (Lipinski definition) is 4. The number of benzene rings is 3. The highest BCUT2D eigenvalue weighted by Crippen LogP contribution is 2.35. The Kier molecular flexibility index (Phi) is 8.07. The van der Waals surface area contributed by atoms with Crippen LogP contribution in [0.2, 0.25) is 0 Å². The highest BCUT2D eigenvalue weighted by molar-refractivity contribution is 9.10. The molecule has 5 nitrogen and oxygen atoms in total. The van der Waals surface area contributed by atoms with E-state index in [4.69, 9.17) is 9.47 Å². The zero-order valence-corrected chi connectivity index (χ0v) is 19.5. The van der Waals surface area contributed by atoms with Crippen molar-refractivity contribution in [1.29, 1.82) is 5.26 Å². The van der Waals surface area contributed by atoms with Gasteiger partial charge in [0.15, 0.2) is 11.5 Å². The van der Waals surface area contributed by atoms with Gasteiger partial charge < -0.3 is 14.8 Å². The topological polar surface area (TPSA) is 71.3 Å². The number of hydrogen-bond donors (Lipinski definition) is 1. The fourth-order valence-electron chi connectivity index (χ4n) is 2.96. The molecule has 0 heterocycles. The highest BCUT2D eigenvalue weighted by atomic mass is 79.9. The SMILES string of the molecule is COc1cc(/C=C(/C#N)C(=O)NCc2ccccc2)c(Br)cc1OCc1ccc(C)cc1. The molecule has 0 atom stereocenters. The van der Waals surface area contributed by atoms with Crippen LogP contribution in [-0.2, 0) is 17.9 Å². The first-order valence-corrected chi connectivity index (χ1v) is 10.8. The van der Waals surface area contributed by atoms with Gasteiger partial charge in [0.05, 0.1) is 7.11 Å². The van der Waals surface area contributed by atoms with Gasteiger partial charge in [-0.3, -0.25) is 4.79 Å². The summed E-state index contributed by atoms with van der Waals surface area (Å²) in [6, 6.07) is 23.1. The third kappa shape index (κ3) is 6.22. The van der Waals surface area contributed by atoms with Crippen LogP contribution in [0.5, 0.6) is 11.5 Å². The van der Waals surface area contributed by atoms with E-state index in [-0.39, 0.29) is 5.57 Å². The summed E-state index contributed by atoms with van der Waals surface area (Å²) in [4.78, 5) is 12.5. The first kappa shape index (κ1) is 23.1. The van der Waals surface area contributed by atoms with Crippen LogP contribution < -0.4 is 14.8 Å². The van der Waals surface area contributed by atoms with Crippen LogP contribution in [0.15, 0.2) is 76.8 Å². The van der Waals surface area contributed by atoms with Crippen molar-refractivity contribution in [3.63, 3.8) is 0 Å². The Morgan fingerprint density at radius 1 is 1.06 bits per heavy atom. The smallest absolute Gasteiger partial charge is 0.262 e. The number of carbonyl (C=O) groups is 1. The van der Waals surface area contributed by atoms with Gasteiger partial charge in [0, 0.05) is 11.0 Å². The number of ether oxygens (including phenoxy) is 2. The van der Waals surface area contributed by atoms with Gasteiger partial charge in [0.1, 0.15) is 18.2 Å². The van der Waals surface area contributed by atoms with E-state index in [1.165, 1.54) is 11.6 Å². The van der Waals surface area contributed by atoms with Gasteiger partial charge in [-0.2, -0.15) is 5.26 Å². The fourth-order valence-corrected chi connectivity index (χ4v) is 3.39. The number of nitrogens with zero attached hydrogens (tertiary/aromatic N) is 1. The minimum atomic E-state index is -0.443. The lowest BCUT2D eigenvalue weighted by Crippen LogP contribution is -2.23. The average Bonchev–Trinajstić information content (AvgIpc) is 2.82. The standard InChI is InChI=1S/C26H23BrN2O3/c1-18-8-10-20(11-9-18)17-32-25-14-23(27)21(13-24(25)31-2)12-22(15-28)26(30)29-16-19-6-4-3-5-7-19/h3-14H,16-17H2,1-2H3,(H,29,30)/b22-12-. The van der Waals surface area contributed by atoms with Gasteiger partial charge in [-0.15, -0.1) is 0 Å². The molecule has 6 heteroatoms. The molecule has 0 saturated heterocycles. The Hall–Kier alpha value is -3.56. The summed E-state index contributed by atoms with van der Waals surface area (Å²) in [5.74, 6) is 0.625. The average molecular weight is 491 g/mol. The molecule has 3 aromatic carbocycles. The normalized spacial score (nSPS) is 10.9. The van der Waals surface area contributed by atoms with Crippen molar-refractivity contribution in [2.45, 2.75) is 20.1 Å². The number of carbonyl (C=O) groups excluding carboxylic acids is 1. The molecule has 32 heavy (non-hydrogen) atoms. The lowest BCUT2D eigenvalue weighted by molar-refractivity contribution is -0.117. The van der Waals surface area contributed by atoms with Crippen LogP contribution in [0, 0.1) is 18.3 Å². The zero-order valence-electron chi connectivity index (χ0n) is 17.9. The highest BCUT2D eigenvalue weighted by Gasteiger charge is 2.14. The molecular formula is C26H23BrN2O3. The maximum Gasteiger partial charge on any atom is 0.262 e. The van der Waals surface area contributed by atoms with E-state index in [0.717, 1.165) is 11.1 Å². The number of nitrogens with one attached hydrogen (secondary N) is 1. The quantitative estimate of drug-likeness (QED) is 0.331. The Labute approximate surface area is 196 Å². The lowest BCUT2D eigenvalue weighted by Gasteiger charge is -2.13. The number of halogens is 1. The Balaban J connectivity index is 1.75. The summed E-state index contributed by atoms with van der Waals surface area (Å²) in [7, 11) is 1.55. The molecule has 0 spiro atoms. The molecule has 0 aliphatic rings. The van der Waals surface area contributed by atoms with Gasteiger partial charge in [0.25, 0.3) is 5.91 Å². The molecule has 0 aromatic heterocycles. The monoisotopic (exact) mass is 490 g/mol. The number of methoxy groups -OCH3 is 1. The number of amides is 1. The molecule has 0 bridgehead atoms. The minimum absolute atomic E-state index is 0.00277. The molecule has 3 rings (SSSR count). The van der Waals surface area contributed by atoms with Crippen molar-refractivity contribution >= 4 is 27.9 Å². The van der Waals surface area contributed by atoms with Crippen LogP contribution in [0.1, 0.15) is 22.3 Å². The van der Waals surface area contributed by atoms with Crippen LogP contribution >= 0.6 is 15.9 Å². The van der Waals surface area contributed by atoms with E-state index >= 15 is 0 Å². The second kappa shape index (κ2) is 11.2. The molecule has 1 N–H and O–H groups in total. The van der Waals surface area contributed by atoms with E-state index in [9.17, 15) is 10.1 Å². The second-order valence-electron chi connectivity index (χ2n) is 7.14.